The number of nitrogens with zero attached hydrogens (tertiary/aromatic N) is 3. The van der Waals surface area contributed by atoms with Crippen molar-refractivity contribution in [1.29, 1.82) is 0 Å². The number of nitrogens with two attached hydrogens (primary N) is 2. The summed E-state index contributed by atoms with van der Waals surface area (Å²) in [5.74, 6) is -1.22. The summed E-state index contributed by atoms with van der Waals surface area (Å²) >= 11 is 4.61. The molecule has 0 amide bonds. The van der Waals surface area contributed by atoms with Crippen molar-refractivity contribution in [1.82, 2.24) is 0 Å². The third-order valence-corrected chi connectivity index (χ3v) is 3.99. The highest BCUT2D eigenvalue weighted by molar-refractivity contribution is 7.80. The van der Waals surface area contributed by atoms with Crippen LogP contribution in [0.25, 0.3) is 0 Å². The second-order valence-corrected chi connectivity index (χ2v) is 6.98. The van der Waals surface area contributed by atoms with E-state index in [-0.39, 0.29) is 5.92 Å². The highest BCUT2D eigenvalue weighted by Crippen LogP contribution is 2.20. The quantitative estimate of drug-likeness (QED) is 0.479. The van der Waals surface area contributed by atoms with E-state index in [0.29, 0.717) is 11.4 Å². The minimum absolute atomic E-state index is 0.204. The number of azo groups is 1. The van der Waals surface area contributed by atoms with Crippen LogP contribution in [0.15, 0.2) is 64.8 Å². The van der Waals surface area contributed by atoms with Crippen LogP contribution >= 0.6 is 12.2 Å². The summed E-state index contributed by atoms with van der Waals surface area (Å²) in [7, 11) is 4.03. The highest BCUT2D eigenvalue weighted by Gasteiger charge is 2.19. The number of rotatable bonds is 7. The van der Waals surface area contributed by atoms with Gasteiger partial charge in [0, 0.05) is 26.2 Å². The number of benzene rings is 2. The number of carboxylic acid groups (broad SMARTS) is 1. The smallest absolute Gasteiger partial charge is 0.320 e. The van der Waals surface area contributed by atoms with Gasteiger partial charge in [-0.15, -0.1) is 0 Å². The minimum Gasteiger partial charge on any atom is -0.480 e. The van der Waals surface area contributed by atoms with Gasteiger partial charge in [-0.1, -0.05) is 37.3 Å². The molecular weight excluding hydrogens is 374 g/mol. The Morgan fingerprint density at radius 3 is 2.00 bits per heavy atom. The van der Waals surface area contributed by atoms with Gasteiger partial charge in [0.25, 0.3) is 0 Å². The van der Waals surface area contributed by atoms with Crippen LogP contribution in [0.3, 0.4) is 0 Å². The van der Waals surface area contributed by atoms with Crippen molar-refractivity contribution in [3.05, 3.63) is 54.6 Å². The molecule has 2 aromatic carbocycles. The third-order valence-electron chi connectivity index (χ3n) is 3.82. The van der Waals surface area contributed by atoms with E-state index in [1.54, 1.807) is 6.92 Å². The molecule has 0 aromatic heterocycles. The molecule has 0 fully saturated rings. The summed E-state index contributed by atoms with van der Waals surface area (Å²) in [6, 6.07) is 16.8. The fraction of sp³-hybridized carbons (Fsp3) is 0.300. The number of aliphatic carboxylic acids is 1. The van der Waals surface area contributed by atoms with Crippen LogP contribution in [0.1, 0.15) is 13.3 Å². The Morgan fingerprint density at radius 1 is 1.07 bits per heavy atom. The van der Waals surface area contributed by atoms with Gasteiger partial charge in [0.05, 0.1) is 16.4 Å². The largest absolute Gasteiger partial charge is 0.480 e. The number of anilines is 1. The van der Waals surface area contributed by atoms with Gasteiger partial charge < -0.3 is 21.5 Å². The molecular formula is C20H27N5O2S. The van der Waals surface area contributed by atoms with Gasteiger partial charge in [0.1, 0.15) is 6.04 Å². The molecule has 0 saturated carbocycles. The number of thiocarbonyl (C=S) groups is 1. The summed E-state index contributed by atoms with van der Waals surface area (Å²) in [5.41, 5.74) is 13.4. The molecule has 0 aliphatic rings. The van der Waals surface area contributed by atoms with E-state index in [2.05, 4.69) is 27.3 Å². The molecule has 0 saturated heterocycles. The summed E-state index contributed by atoms with van der Waals surface area (Å²) in [5, 5.41) is 16.8. The summed E-state index contributed by atoms with van der Waals surface area (Å²) < 4.78 is 0. The minimum atomic E-state index is -1.02. The maximum absolute atomic E-state index is 10.3. The Kier molecular flexibility index (Phi) is 9.76. The third kappa shape index (κ3) is 8.70. The first kappa shape index (κ1) is 23.2. The predicted octanol–water partition coefficient (Wildman–Crippen LogP) is 3.88. The van der Waals surface area contributed by atoms with Gasteiger partial charge in [-0.05, 0) is 42.3 Å². The van der Waals surface area contributed by atoms with Crippen molar-refractivity contribution in [2.45, 2.75) is 19.4 Å². The zero-order valence-electron chi connectivity index (χ0n) is 16.3. The molecule has 0 heterocycles. The van der Waals surface area contributed by atoms with Gasteiger partial charge >= 0.3 is 5.97 Å². The average Bonchev–Trinajstić information content (AvgIpc) is 2.66. The SMILES string of the molecule is CC(CC(N)=S)[C@H](N)C(=O)O.CN(C)c1ccc(N=Nc2ccccc2)cc1. The molecule has 0 spiro atoms. The van der Waals surface area contributed by atoms with Crippen molar-refractivity contribution in [2.75, 3.05) is 19.0 Å². The molecule has 0 bridgehead atoms. The van der Waals surface area contributed by atoms with Crippen LogP contribution in [-0.2, 0) is 4.79 Å². The first-order chi connectivity index (χ1) is 13.2. The van der Waals surface area contributed by atoms with E-state index in [4.69, 9.17) is 16.6 Å². The molecule has 0 radical (unpaired) electrons. The standard InChI is InChI=1S/C14H15N3.C6H12N2O2S/c1-17(2)14-10-8-13(9-11-14)16-15-12-6-4-3-5-7-12;1-3(2-4(7)11)5(8)6(9)10/h3-11H,1-2H3;3,5H,2,8H2,1H3,(H2,7,11)(H,9,10)/t;3?,5-/m.0/s1. The second-order valence-electron chi connectivity index (χ2n) is 6.46. The normalized spacial score (nSPS) is 12.6. The lowest BCUT2D eigenvalue weighted by Gasteiger charge is -2.14. The van der Waals surface area contributed by atoms with Crippen LogP contribution in [-0.4, -0.2) is 36.2 Å². The topological polar surface area (TPSA) is 117 Å². The molecule has 2 aromatic rings. The Bertz CT molecular complexity index is 779. The zero-order valence-corrected chi connectivity index (χ0v) is 17.1. The summed E-state index contributed by atoms with van der Waals surface area (Å²) in [6.45, 7) is 1.71. The molecule has 0 aliphatic heterocycles. The lowest BCUT2D eigenvalue weighted by atomic mass is 9.99. The number of carboxylic acids is 1. The number of hydrogen-bond donors (Lipinski definition) is 3. The molecule has 8 heteroatoms. The number of hydrogen-bond acceptors (Lipinski definition) is 6. The van der Waals surface area contributed by atoms with E-state index in [1.165, 1.54) is 0 Å². The molecule has 7 nitrogen and oxygen atoms in total. The molecule has 1 unspecified atom stereocenters. The Morgan fingerprint density at radius 2 is 1.57 bits per heavy atom. The number of carbonyl (C=O) groups is 1. The monoisotopic (exact) mass is 401 g/mol. The molecule has 5 N–H and O–H groups in total. The first-order valence-electron chi connectivity index (χ1n) is 8.71. The van der Waals surface area contributed by atoms with Crippen LogP contribution in [0.4, 0.5) is 17.1 Å². The van der Waals surface area contributed by atoms with Crippen LogP contribution in [0.5, 0.6) is 0 Å². The average molecular weight is 402 g/mol. The lowest BCUT2D eigenvalue weighted by Crippen LogP contribution is -2.38. The van der Waals surface area contributed by atoms with Crippen molar-refractivity contribution in [3.63, 3.8) is 0 Å². The van der Waals surface area contributed by atoms with Crippen LogP contribution < -0.4 is 16.4 Å². The van der Waals surface area contributed by atoms with E-state index in [1.807, 2.05) is 68.7 Å². The van der Waals surface area contributed by atoms with Crippen molar-refractivity contribution in [3.8, 4) is 0 Å². The Labute approximate surface area is 171 Å². The summed E-state index contributed by atoms with van der Waals surface area (Å²) in [4.78, 5) is 12.7. The highest BCUT2D eigenvalue weighted by atomic mass is 32.1. The van der Waals surface area contributed by atoms with E-state index in [9.17, 15) is 4.79 Å². The first-order valence-corrected chi connectivity index (χ1v) is 9.12. The van der Waals surface area contributed by atoms with Gasteiger partial charge in [-0.25, -0.2) is 0 Å². The van der Waals surface area contributed by atoms with Crippen LogP contribution in [0, 0.1) is 5.92 Å². The van der Waals surface area contributed by atoms with E-state index < -0.39 is 12.0 Å². The van der Waals surface area contributed by atoms with Gasteiger partial charge in [0.2, 0.25) is 0 Å². The van der Waals surface area contributed by atoms with Gasteiger partial charge in [-0.2, -0.15) is 10.2 Å². The molecule has 150 valence electrons. The molecule has 2 rings (SSSR count). The van der Waals surface area contributed by atoms with Crippen molar-refractivity contribution < 1.29 is 9.90 Å². The fourth-order valence-corrected chi connectivity index (χ4v) is 2.38. The second kappa shape index (κ2) is 11.8. The van der Waals surface area contributed by atoms with Gasteiger partial charge in [-0.3, -0.25) is 4.79 Å². The zero-order chi connectivity index (χ0) is 21.1. The maximum Gasteiger partial charge on any atom is 0.320 e. The lowest BCUT2D eigenvalue weighted by molar-refractivity contribution is -0.139. The predicted molar refractivity (Wildman–Crippen MR) is 118 cm³/mol. The molecule has 28 heavy (non-hydrogen) atoms. The summed E-state index contributed by atoms with van der Waals surface area (Å²) in [6.07, 6.45) is 0.378. The molecule has 0 aliphatic carbocycles. The Balaban J connectivity index is 0.000000311. The van der Waals surface area contributed by atoms with E-state index in [0.717, 1.165) is 17.1 Å². The van der Waals surface area contributed by atoms with E-state index >= 15 is 0 Å². The van der Waals surface area contributed by atoms with Gasteiger partial charge in [0.15, 0.2) is 0 Å². The fourth-order valence-electron chi connectivity index (χ4n) is 2.12. The maximum atomic E-state index is 10.3. The van der Waals surface area contributed by atoms with Crippen molar-refractivity contribution >= 4 is 40.2 Å². The van der Waals surface area contributed by atoms with Crippen molar-refractivity contribution in [2.24, 2.45) is 27.6 Å². The molecule has 2 atom stereocenters. The van der Waals surface area contributed by atoms with Crippen LogP contribution in [0.2, 0.25) is 0 Å². The Hall–Kier alpha value is -2.84.